The third-order valence-electron chi connectivity index (χ3n) is 1.61. The summed E-state index contributed by atoms with van der Waals surface area (Å²) in [6.45, 7) is 2.15. The Bertz CT molecular complexity index is 204. The maximum absolute atomic E-state index is 5.26. The minimum Gasteiger partial charge on any atom is -0.348 e. The first-order chi connectivity index (χ1) is 5.45. The number of rotatable bonds is 2. The fourth-order valence-corrected chi connectivity index (χ4v) is 1.08. The van der Waals surface area contributed by atoms with E-state index in [0.717, 1.165) is 6.54 Å². The Morgan fingerprint density at radius 2 is 2.27 bits per heavy atom. The second kappa shape index (κ2) is 3.02. The third-order valence-corrected chi connectivity index (χ3v) is 1.61. The number of ether oxygens (including phenoxy) is 2. The van der Waals surface area contributed by atoms with Crippen molar-refractivity contribution in [1.29, 1.82) is 0 Å². The van der Waals surface area contributed by atoms with Crippen LogP contribution >= 0.6 is 0 Å². The van der Waals surface area contributed by atoms with Crippen molar-refractivity contribution in [3.63, 3.8) is 0 Å². The smallest absolute Gasteiger partial charge is 0.175 e. The van der Waals surface area contributed by atoms with Crippen LogP contribution in [0, 0.1) is 0 Å². The van der Waals surface area contributed by atoms with Crippen LogP contribution in [0.5, 0.6) is 0 Å². The van der Waals surface area contributed by atoms with Crippen LogP contribution in [-0.2, 0) is 16.0 Å². The highest BCUT2D eigenvalue weighted by Crippen LogP contribution is 2.05. The van der Waals surface area contributed by atoms with E-state index in [9.17, 15) is 0 Å². The molecule has 11 heavy (non-hydrogen) atoms. The zero-order chi connectivity index (χ0) is 7.52. The predicted octanol–water partition coefficient (Wildman–Crippen LogP) is 0.256. The van der Waals surface area contributed by atoms with Crippen molar-refractivity contribution in [3.8, 4) is 0 Å². The summed E-state index contributed by atoms with van der Waals surface area (Å²) in [5.74, 6) is 0. The van der Waals surface area contributed by atoms with E-state index in [-0.39, 0.29) is 6.29 Å². The molecule has 1 aliphatic rings. The first-order valence-electron chi connectivity index (χ1n) is 3.64. The molecule has 0 atom stereocenters. The molecule has 2 heterocycles. The molecule has 4 heteroatoms. The molecule has 1 aliphatic heterocycles. The van der Waals surface area contributed by atoms with Crippen LogP contribution < -0.4 is 0 Å². The topological polar surface area (TPSA) is 36.3 Å². The van der Waals surface area contributed by atoms with Gasteiger partial charge < -0.3 is 14.0 Å². The van der Waals surface area contributed by atoms with Gasteiger partial charge in [0.05, 0.1) is 26.1 Å². The fourth-order valence-electron chi connectivity index (χ4n) is 1.08. The van der Waals surface area contributed by atoms with Crippen molar-refractivity contribution in [3.05, 3.63) is 18.7 Å². The molecule has 0 amide bonds. The maximum Gasteiger partial charge on any atom is 0.175 e. The summed E-state index contributed by atoms with van der Waals surface area (Å²) >= 11 is 0. The van der Waals surface area contributed by atoms with Crippen molar-refractivity contribution in [2.75, 3.05) is 13.2 Å². The largest absolute Gasteiger partial charge is 0.348 e. The van der Waals surface area contributed by atoms with Gasteiger partial charge in [0.25, 0.3) is 0 Å². The third kappa shape index (κ3) is 1.58. The summed E-state index contributed by atoms with van der Waals surface area (Å²) in [5.41, 5.74) is 0. The van der Waals surface area contributed by atoms with Gasteiger partial charge in [0.2, 0.25) is 0 Å². The number of imidazole rings is 1. The average Bonchev–Trinajstić information content (AvgIpc) is 2.60. The Kier molecular flexibility index (Phi) is 1.87. The summed E-state index contributed by atoms with van der Waals surface area (Å²) in [6, 6.07) is 0. The normalized spacial score (nSPS) is 19.3. The highest BCUT2D eigenvalue weighted by atomic mass is 16.7. The Morgan fingerprint density at radius 3 is 2.91 bits per heavy atom. The number of hydrogen-bond donors (Lipinski definition) is 0. The quantitative estimate of drug-likeness (QED) is 0.613. The van der Waals surface area contributed by atoms with E-state index >= 15 is 0 Å². The van der Waals surface area contributed by atoms with Gasteiger partial charge in [0.1, 0.15) is 0 Å². The molecule has 0 aliphatic carbocycles. The molecule has 1 aromatic heterocycles. The van der Waals surface area contributed by atoms with Crippen molar-refractivity contribution < 1.29 is 9.47 Å². The molecular weight excluding hydrogens is 144 g/mol. The minimum absolute atomic E-state index is 0.0794. The van der Waals surface area contributed by atoms with Crippen molar-refractivity contribution >= 4 is 0 Å². The van der Waals surface area contributed by atoms with Gasteiger partial charge in [-0.1, -0.05) is 0 Å². The molecule has 0 N–H and O–H groups in total. The second-order valence-corrected chi connectivity index (χ2v) is 2.43. The Morgan fingerprint density at radius 1 is 1.45 bits per heavy atom. The first kappa shape index (κ1) is 6.82. The molecule has 1 fully saturated rings. The van der Waals surface area contributed by atoms with E-state index in [1.54, 1.807) is 12.5 Å². The zero-order valence-electron chi connectivity index (χ0n) is 6.14. The molecule has 0 radical (unpaired) electrons. The molecule has 0 saturated carbocycles. The summed E-state index contributed by atoms with van der Waals surface area (Å²) in [5, 5.41) is 0. The van der Waals surface area contributed by atoms with Crippen molar-refractivity contribution in [1.82, 2.24) is 9.55 Å². The van der Waals surface area contributed by atoms with Gasteiger partial charge >= 0.3 is 0 Å². The molecule has 1 aromatic rings. The lowest BCUT2D eigenvalue weighted by molar-refractivity contribution is -0.0524. The molecule has 2 rings (SSSR count). The van der Waals surface area contributed by atoms with Gasteiger partial charge in [0.15, 0.2) is 6.29 Å². The maximum atomic E-state index is 5.26. The summed E-state index contributed by atoms with van der Waals surface area (Å²) in [4.78, 5) is 3.92. The van der Waals surface area contributed by atoms with Crippen LogP contribution in [0.3, 0.4) is 0 Å². The Balaban J connectivity index is 1.90. The van der Waals surface area contributed by atoms with Gasteiger partial charge in [-0.3, -0.25) is 0 Å². The van der Waals surface area contributed by atoms with Crippen LogP contribution in [0.2, 0.25) is 0 Å². The Hall–Kier alpha value is -0.870. The van der Waals surface area contributed by atoms with Gasteiger partial charge in [-0.05, 0) is 0 Å². The molecule has 4 nitrogen and oxygen atoms in total. The summed E-state index contributed by atoms with van der Waals surface area (Å²) in [7, 11) is 0. The van der Waals surface area contributed by atoms with E-state index in [1.807, 2.05) is 10.8 Å². The zero-order valence-corrected chi connectivity index (χ0v) is 6.14. The monoisotopic (exact) mass is 154 g/mol. The second-order valence-electron chi connectivity index (χ2n) is 2.43. The van der Waals surface area contributed by atoms with Crippen LogP contribution in [-0.4, -0.2) is 29.1 Å². The minimum atomic E-state index is -0.0794. The van der Waals surface area contributed by atoms with Crippen molar-refractivity contribution in [2.24, 2.45) is 0 Å². The van der Waals surface area contributed by atoms with Crippen LogP contribution in [0.1, 0.15) is 0 Å². The lowest BCUT2D eigenvalue weighted by Gasteiger charge is -2.08. The summed E-state index contributed by atoms with van der Waals surface area (Å²) < 4.78 is 12.5. The molecule has 0 unspecified atom stereocenters. The molecule has 0 bridgehead atoms. The highest BCUT2D eigenvalue weighted by molar-refractivity contribution is 4.74. The van der Waals surface area contributed by atoms with E-state index in [0.29, 0.717) is 13.2 Å². The number of hydrogen-bond acceptors (Lipinski definition) is 3. The van der Waals surface area contributed by atoms with Crippen LogP contribution in [0.15, 0.2) is 18.7 Å². The SMILES string of the molecule is c1cn(CC2OCCO2)cn1. The fraction of sp³-hybridized carbons (Fsp3) is 0.571. The van der Waals surface area contributed by atoms with Gasteiger partial charge in [-0.2, -0.15) is 0 Å². The van der Waals surface area contributed by atoms with E-state index in [2.05, 4.69) is 4.98 Å². The highest BCUT2D eigenvalue weighted by Gasteiger charge is 2.15. The van der Waals surface area contributed by atoms with Crippen LogP contribution in [0.25, 0.3) is 0 Å². The molecule has 1 saturated heterocycles. The lowest BCUT2D eigenvalue weighted by Crippen LogP contribution is -2.15. The van der Waals surface area contributed by atoms with Crippen LogP contribution in [0.4, 0.5) is 0 Å². The molecule has 0 spiro atoms. The van der Waals surface area contributed by atoms with Gasteiger partial charge in [-0.15, -0.1) is 0 Å². The number of nitrogens with zero attached hydrogens (tertiary/aromatic N) is 2. The van der Waals surface area contributed by atoms with E-state index < -0.39 is 0 Å². The van der Waals surface area contributed by atoms with E-state index in [4.69, 9.17) is 9.47 Å². The van der Waals surface area contributed by atoms with Crippen molar-refractivity contribution in [2.45, 2.75) is 12.8 Å². The number of aromatic nitrogens is 2. The lowest BCUT2D eigenvalue weighted by atomic mass is 10.6. The molecule has 0 aromatic carbocycles. The molecule has 60 valence electrons. The van der Waals surface area contributed by atoms with Gasteiger partial charge in [0, 0.05) is 12.4 Å². The first-order valence-corrected chi connectivity index (χ1v) is 3.64. The van der Waals surface area contributed by atoms with Gasteiger partial charge in [-0.25, -0.2) is 4.98 Å². The summed E-state index contributed by atoms with van der Waals surface area (Å²) in [6.07, 6.45) is 5.31. The Labute approximate surface area is 64.8 Å². The molecular formula is C7H10N2O2. The average molecular weight is 154 g/mol. The predicted molar refractivity (Wildman–Crippen MR) is 37.9 cm³/mol. The standard InChI is InChI=1S/C7H10N2O2/c1-2-9(6-8-1)5-7-10-3-4-11-7/h1-2,6-7H,3-5H2. The van der Waals surface area contributed by atoms with E-state index in [1.165, 1.54) is 0 Å².